The number of benzene rings is 2. The Balaban J connectivity index is 1.41. The van der Waals surface area contributed by atoms with E-state index in [4.69, 9.17) is 9.84 Å². The molecule has 1 spiro atoms. The Kier molecular flexibility index (Phi) is 6.46. The Morgan fingerprint density at radius 1 is 1.16 bits per heavy atom. The van der Waals surface area contributed by atoms with Gasteiger partial charge < -0.3 is 14.7 Å². The lowest BCUT2D eigenvalue weighted by atomic mass is 9.77. The summed E-state index contributed by atoms with van der Waals surface area (Å²) in [5.41, 5.74) is 2.91. The van der Waals surface area contributed by atoms with Crippen molar-refractivity contribution in [2.24, 2.45) is 5.41 Å². The van der Waals surface area contributed by atoms with Crippen LogP contribution < -0.4 is 4.74 Å². The molecule has 0 aliphatic carbocycles. The Morgan fingerprint density at radius 2 is 1.88 bits per heavy atom. The minimum atomic E-state index is -0.956. The highest BCUT2D eigenvalue weighted by Crippen LogP contribution is 2.41. The van der Waals surface area contributed by atoms with Crippen molar-refractivity contribution in [1.82, 2.24) is 9.80 Å². The second kappa shape index (κ2) is 9.28. The number of carbonyl (C=O) groups is 2. The van der Waals surface area contributed by atoms with E-state index in [0.717, 1.165) is 54.9 Å². The van der Waals surface area contributed by atoms with E-state index >= 15 is 0 Å². The number of likely N-dealkylation sites (tertiary alicyclic amines) is 2. The van der Waals surface area contributed by atoms with Crippen LogP contribution in [0.2, 0.25) is 0 Å². The highest BCUT2D eigenvalue weighted by atomic mass is 19.1. The smallest absolute Gasteiger partial charge is 0.323 e. The quantitative estimate of drug-likeness (QED) is 0.709. The van der Waals surface area contributed by atoms with Gasteiger partial charge in [-0.3, -0.25) is 14.5 Å². The van der Waals surface area contributed by atoms with Crippen LogP contribution in [0.5, 0.6) is 5.75 Å². The molecule has 2 saturated heterocycles. The van der Waals surface area contributed by atoms with Crippen LogP contribution in [0.4, 0.5) is 4.39 Å². The minimum Gasteiger partial charge on any atom is -0.493 e. The summed E-state index contributed by atoms with van der Waals surface area (Å²) in [5.74, 6) is -0.474. The fourth-order valence-corrected chi connectivity index (χ4v) is 4.88. The first-order valence-electron chi connectivity index (χ1n) is 11.1. The molecule has 7 heteroatoms. The molecule has 1 N–H and O–H groups in total. The summed E-state index contributed by atoms with van der Waals surface area (Å²) in [6, 6.07) is 12.6. The van der Waals surface area contributed by atoms with Crippen LogP contribution >= 0.6 is 0 Å². The van der Waals surface area contributed by atoms with E-state index in [1.165, 1.54) is 17.0 Å². The molecule has 1 amide bonds. The molecule has 6 nitrogen and oxygen atoms in total. The number of ether oxygens (including phenoxy) is 1. The van der Waals surface area contributed by atoms with Crippen LogP contribution in [0, 0.1) is 11.2 Å². The lowest BCUT2D eigenvalue weighted by Gasteiger charge is -2.38. The molecule has 170 valence electrons. The van der Waals surface area contributed by atoms with Crippen molar-refractivity contribution >= 4 is 11.9 Å². The summed E-state index contributed by atoms with van der Waals surface area (Å²) in [5, 5.41) is 9.02. The van der Waals surface area contributed by atoms with E-state index in [2.05, 4.69) is 17.0 Å². The maximum absolute atomic E-state index is 13.3. The number of amides is 1. The average molecular weight is 441 g/mol. The van der Waals surface area contributed by atoms with Gasteiger partial charge in [-0.25, -0.2) is 4.39 Å². The largest absolute Gasteiger partial charge is 0.493 e. The van der Waals surface area contributed by atoms with Gasteiger partial charge in [0.15, 0.2) is 0 Å². The van der Waals surface area contributed by atoms with Crippen LogP contribution in [-0.4, -0.2) is 59.6 Å². The molecular weight excluding hydrogens is 411 g/mol. The van der Waals surface area contributed by atoms with Gasteiger partial charge in [-0.1, -0.05) is 24.3 Å². The SMILES string of the molecule is CCOc1cc(CN2CCC3(CC2)CC(=O)N(CC(=O)O)C3)ccc1-c1ccc(F)cc1. The van der Waals surface area contributed by atoms with E-state index in [9.17, 15) is 14.0 Å². The summed E-state index contributed by atoms with van der Waals surface area (Å²) in [6.45, 7) is 5.37. The van der Waals surface area contributed by atoms with Gasteiger partial charge in [0.1, 0.15) is 18.1 Å². The van der Waals surface area contributed by atoms with Gasteiger partial charge in [0.05, 0.1) is 6.61 Å². The van der Waals surface area contributed by atoms with Crippen molar-refractivity contribution in [3.8, 4) is 16.9 Å². The molecule has 2 aliphatic heterocycles. The first kappa shape index (κ1) is 22.3. The number of piperidine rings is 1. The minimum absolute atomic E-state index is 0.0430. The molecule has 2 aromatic rings. The van der Waals surface area contributed by atoms with Crippen LogP contribution in [0.3, 0.4) is 0 Å². The Labute approximate surface area is 187 Å². The van der Waals surface area contributed by atoms with Gasteiger partial charge in [0.25, 0.3) is 0 Å². The summed E-state index contributed by atoms with van der Waals surface area (Å²) >= 11 is 0. The fraction of sp³-hybridized carbons (Fsp3) is 0.440. The van der Waals surface area contributed by atoms with Crippen LogP contribution in [-0.2, 0) is 16.1 Å². The fourth-order valence-electron chi connectivity index (χ4n) is 4.88. The maximum atomic E-state index is 13.3. The molecule has 0 atom stereocenters. The number of carbonyl (C=O) groups excluding carboxylic acids is 1. The number of hydrogen-bond acceptors (Lipinski definition) is 4. The molecular formula is C25H29FN2O4. The number of rotatable bonds is 7. The highest BCUT2D eigenvalue weighted by Gasteiger charge is 2.45. The molecule has 2 aliphatic rings. The van der Waals surface area contributed by atoms with Crippen LogP contribution in [0.1, 0.15) is 31.7 Å². The molecule has 32 heavy (non-hydrogen) atoms. The number of halogens is 1. The first-order chi connectivity index (χ1) is 15.4. The zero-order valence-electron chi connectivity index (χ0n) is 18.3. The lowest BCUT2D eigenvalue weighted by Crippen LogP contribution is -2.41. The zero-order valence-corrected chi connectivity index (χ0v) is 18.3. The standard InChI is InChI=1S/C25H29FN2O4/c1-2-32-22-13-18(3-8-21(22)19-4-6-20(26)7-5-19)15-27-11-9-25(10-12-27)14-23(29)28(17-25)16-24(30)31/h3-8,13H,2,9-12,14-17H2,1H3,(H,30,31). The summed E-state index contributed by atoms with van der Waals surface area (Å²) in [6.07, 6.45) is 2.23. The van der Waals surface area contributed by atoms with Gasteiger partial charge >= 0.3 is 5.97 Å². The lowest BCUT2D eigenvalue weighted by molar-refractivity contribution is -0.142. The van der Waals surface area contributed by atoms with E-state index in [1.54, 1.807) is 12.1 Å². The summed E-state index contributed by atoms with van der Waals surface area (Å²) in [7, 11) is 0. The van der Waals surface area contributed by atoms with Crippen molar-refractivity contribution in [3.63, 3.8) is 0 Å². The maximum Gasteiger partial charge on any atom is 0.323 e. The van der Waals surface area contributed by atoms with Crippen molar-refractivity contribution in [3.05, 3.63) is 53.8 Å². The van der Waals surface area contributed by atoms with Gasteiger partial charge in [-0.2, -0.15) is 0 Å². The molecule has 0 saturated carbocycles. The molecule has 0 bridgehead atoms. The number of hydrogen-bond donors (Lipinski definition) is 1. The molecule has 0 radical (unpaired) electrons. The third-order valence-electron chi connectivity index (χ3n) is 6.56. The van der Waals surface area contributed by atoms with E-state index < -0.39 is 5.97 Å². The van der Waals surface area contributed by atoms with Gasteiger partial charge in [-0.05, 0) is 67.6 Å². The van der Waals surface area contributed by atoms with Gasteiger partial charge in [0, 0.05) is 25.1 Å². The molecule has 2 aromatic carbocycles. The third-order valence-corrected chi connectivity index (χ3v) is 6.56. The summed E-state index contributed by atoms with van der Waals surface area (Å²) < 4.78 is 19.2. The van der Waals surface area contributed by atoms with Gasteiger partial charge in [-0.15, -0.1) is 0 Å². The van der Waals surface area contributed by atoms with E-state index in [1.807, 2.05) is 13.0 Å². The number of carboxylic acid groups (broad SMARTS) is 1. The van der Waals surface area contributed by atoms with E-state index in [-0.39, 0.29) is 23.7 Å². The van der Waals surface area contributed by atoms with Crippen LogP contribution in [0.25, 0.3) is 11.1 Å². The third kappa shape index (κ3) is 4.93. The Morgan fingerprint density at radius 3 is 2.53 bits per heavy atom. The van der Waals surface area contributed by atoms with Gasteiger partial charge in [0.2, 0.25) is 5.91 Å². The molecule has 0 unspecified atom stereocenters. The molecule has 2 fully saturated rings. The van der Waals surface area contributed by atoms with Crippen molar-refractivity contribution in [2.45, 2.75) is 32.7 Å². The number of nitrogens with zero attached hydrogens (tertiary/aromatic N) is 2. The number of aliphatic carboxylic acids is 1. The normalized spacial score (nSPS) is 18.3. The number of carboxylic acids is 1. The first-order valence-corrected chi connectivity index (χ1v) is 11.1. The topological polar surface area (TPSA) is 70.1 Å². The molecule has 2 heterocycles. The summed E-state index contributed by atoms with van der Waals surface area (Å²) in [4.78, 5) is 27.1. The Hall–Kier alpha value is -2.93. The monoisotopic (exact) mass is 440 g/mol. The van der Waals surface area contributed by atoms with Crippen molar-refractivity contribution in [2.75, 3.05) is 32.8 Å². The average Bonchev–Trinajstić information content (AvgIpc) is 3.05. The molecule has 4 rings (SSSR count). The zero-order chi connectivity index (χ0) is 22.7. The van der Waals surface area contributed by atoms with Crippen LogP contribution in [0.15, 0.2) is 42.5 Å². The second-order valence-corrected chi connectivity index (χ2v) is 8.87. The van der Waals surface area contributed by atoms with Crippen molar-refractivity contribution in [1.29, 1.82) is 0 Å². The Bertz CT molecular complexity index is 984. The second-order valence-electron chi connectivity index (χ2n) is 8.87. The van der Waals surface area contributed by atoms with Crippen molar-refractivity contribution < 1.29 is 23.8 Å². The highest BCUT2D eigenvalue weighted by molar-refractivity contribution is 5.83. The molecule has 0 aromatic heterocycles. The van der Waals surface area contributed by atoms with E-state index in [0.29, 0.717) is 19.6 Å². The predicted molar refractivity (Wildman–Crippen MR) is 119 cm³/mol. The predicted octanol–water partition coefficient (Wildman–Crippen LogP) is 3.79.